The topological polar surface area (TPSA) is 89.8 Å². The van der Waals surface area contributed by atoms with Crippen molar-refractivity contribution in [3.63, 3.8) is 0 Å². The molecule has 27 heavy (non-hydrogen) atoms. The van der Waals surface area contributed by atoms with Crippen molar-refractivity contribution >= 4 is 29.3 Å². The Hall–Kier alpha value is -1.74. The van der Waals surface area contributed by atoms with Crippen molar-refractivity contribution in [3.8, 4) is 0 Å². The summed E-state index contributed by atoms with van der Waals surface area (Å²) < 4.78 is 26.9. The number of carboxylic acid groups (broad SMARTS) is 1. The van der Waals surface area contributed by atoms with Crippen LogP contribution >= 0.6 is 11.6 Å². The van der Waals surface area contributed by atoms with Gasteiger partial charge in [-0.05, 0) is 31.6 Å². The zero-order valence-corrected chi connectivity index (χ0v) is 15.7. The lowest BCUT2D eigenvalue weighted by atomic mass is 9.87. The highest BCUT2D eigenvalue weighted by Gasteiger charge is 2.56. The van der Waals surface area contributed by atoms with E-state index < -0.39 is 23.7 Å². The number of aliphatic hydroxyl groups is 1. The molecule has 1 saturated carbocycles. The third-order valence-electron chi connectivity index (χ3n) is 6.25. The molecule has 1 aromatic rings. The minimum atomic E-state index is -2.84. The molecule has 0 spiro atoms. The van der Waals surface area contributed by atoms with Crippen molar-refractivity contribution in [2.24, 2.45) is 17.8 Å². The SMILES string of the molecule is C[C@@H]1N(c2nc(C(F)F)c(Cl)c(N3C[C@@H]4C(CC(=O)O)[C@@H]4C3)n2)C[C@@]1(C)O. The zero-order chi connectivity index (χ0) is 19.7. The van der Waals surface area contributed by atoms with Crippen molar-refractivity contribution in [1.29, 1.82) is 0 Å². The second kappa shape index (κ2) is 6.13. The Morgan fingerprint density at radius 1 is 1.37 bits per heavy atom. The minimum Gasteiger partial charge on any atom is -0.481 e. The van der Waals surface area contributed by atoms with Crippen LogP contribution < -0.4 is 9.80 Å². The summed E-state index contributed by atoms with van der Waals surface area (Å²) in [5.74, 6) is 0.174. The molecule has 0 aromatic carbocycles. The fourth-order valence-electron chi connectivity index (χ4n) is 4.33. The highest BCUT2D eigenvalue weighted by molar-refractivity contribution is 6.33. The maximum atomic E-state index is 13.5. The molecule has 1 aliphatic carbocycles. The third kappa shape index (κ3) is 3.00. The number of carboxylic acids is 1. The fraction of sp³-hybridized carbons (Fsp3) is 0.706. The summed E-state index contributed by atoms with van der Waals surface area (Å²) >= 11 is 6.19. The maximum absolute atomic E-state index is 13.5. The van der Waals surface area contributed by atoms with Gasteiger partial charge in [0, 0.05) is 19.5 Å². The lowest BCUT2D eigenvalue weighted by Crippen LogP contribution is -2.67. The number of nitrogens with zero attached hydrogens (tertiary/aromatic N) is 4. The molecule has 2 N–H and O–H groups in total. The Morgan fingerprint density at radius 3 is 2.48 bits per heavy atom. The van der Waals surface area contributed by atoms with Crippen molar-refractivity contribution in [1.82, 2.24) is 9.97 Å². The molecule has 0 bridgehead atoms. The van der Waals surface area contributed by atoms with Crippen molar-refractivity contribution in [2.45, 2.75) is 38.3 Å². The van der Waals surface area contributed by atoms with Crippen LogP contribution in [0.15, 0.2) is 0 Å². The Bertz CT molecular complexity index is 782. The van der Waals surface area contributed by atoms with E-state index in [9.17, 15) is 18.7 Å². The molecule has 5 atom stereocenters. The summed E-state index contributed by atoms with van der Waals surface area (Å²) in [7, 11) is 0. The van der Waals surface area contributed by atoms with Gasteiger partial charge in [-0.15, -0.1) is 0 Å². The summed E-state index contributed by atoms with van der Waals surface area (Å²) in [4.78, 5) is 22.8. The van der Waals surface area contributed by atoms with Gasteiger partial charge in [0.2, 0.25) is 5.95 Å². The monoisotopic (exact) mass is 402 g/mol. The molecule has 0 amide bonds. The first kappa shape index (κ1) is 18.6. The molecular formula is C17H21ClF2N4O3. The van der Waals surface area contributed by atoms with E-state index >= 15 is 0 Å². The molecule has 4 rings (SSSR count). The zero-order valence-electron chi connectivity index (χ0n) is 14.9. The van der Waals surface area contributed by atoms with Gasteiger partial charge in [0.25, 0.3) is 6.43 Å². The molecule has 148 valence electrons. The van der Waals surface area contributed by atoms with Gasteiger partial charge in [0.05, 0.1) is 18.2 Å². The Balaban J connectivity index is 1.59. The quantitative estimate of drug-likeness (QED) is 0.780. The Morgan fingerprint density at radius 2 is 2.00 bits per heavy atom. The van der Waals surface area contributed by atoms with E-state index in [1.807, 2.05) is 4.90 Å². The van der Waals surface area contributed by atoms with Gasteiger partial charge in [-0.25, -0.2) is 13.8 Å². The Kier molecular flexibility index (Phi) is 4.23. The molecule has 7 nitrogen and oxygen atoms in total. The van der Waals surface area contributed by atoms with Crippen LogP contribution in [0, 0.1) is 17.8 Å². The van der Waals surface area contributed by atoms with E-state index in [2.05, 4.69) is 9.97 Å². The standard InChI is InChI=1S/C17H21ClF2N4O3/c1-7-17(2,27)6-24(7)16-21-13(14(19)20)12(18)15(22-16)23-4-9-8(3-11(25)26)10(9)5-23/h7-10,14,27H,3-6H2,1-2H3,(H,25,26)/t7-,8?,9-,10+,17+/m0/s1. The average Bonchev–Trinajstić information content (AvgIpc) is 3.02. The van der Waals surface area contributed by atoms with Crippen LogP contribution in [0.4, 0.5) is 20.5 Å². The predicted octanol–water partition coefficient (Wildman–Crippen LogP) is 2.18. The van der Waals surface area contributed by atoms with Crippen LogP contribution in [0.3, 0.4) is 0 Å². The van der Waals surface area contributed by atoms with Gasteiger partial charge in [-0.1, -0.05) is 11.6 Å². The van der Waals surface area contributed by atoms with Crippen molar-refractivity contribution in [3.05, 3.63) is 10.7 Å². The lowest BCUT2D eigenvalue weighted by Gasteiger charge is -2.51. The van der Waals surface area contributed by atoms with Crippen LogP contribution in [-0.2, 0) is 4.79 Å². The highest BCUT2D eigenvalue weighted by atomic mass is 35.5. The van der Waals surface area contributed by atoms with Crippen LogP contribution in [-0.4, -0.2) is 57.4 Å². The average molecular weight is 403 g/mol. The van der Waals surface area contributed by atoms with E-state index in [1.54, 1.807) is 18.7 Å². The van der Waals surface area contributed by atoms with Gasteiger partial charge in [0.15, 0.2) is 5.82 Å². The van der Waals surface area contributed by atoms with E-state index in [4.69, 9.17) is 16.7 Å². The number of aromatic nitrogens is 2. The van der Waals surface area contributed by atoms with Gasteiger partial charge in [0.1, 0.15) is 10.7 Å². The first-order chi connectivity index (χ1) is 12.6. The number of β-amino-alcohol motifs (C(OH)–C–C–N with tert-alkyl or cyclic N) is 1. The number of anilines is 2. The molecular weight excluding hydrogens is 382 g/mol. The highest BCUT2D eigenvalue weighted by Crippen LogP contribution is 2.55. The summed E-state index contributed by atoms with van der Waals surface area (Å²) in [6, 6.07) is -0.302. The van der Waals surface area contributed by atoms with E-state index in [0.717, 1.165) is 0 Å². The number of carbonyl (C=O) groups is 1. The minimum absolute atomic E-state index is 0.131. The molecule has 2 aliphatic heterocycles. The largest absolute Gasteiger partial charge is 0.481 e. The van der Waals surface area contributed by atoms with Gasteiger partial charge >= 0.3 is 5.97 Å². The predicted molar refractivity (Wildman–Crippen MR) is 94.4 cm³/mol. The molecule has 3 heterocycles. The number of alkyl halides is 2. The number of aliphatic carboxylic acids is 1. The van der Waals surface area contributed by atoms with Crippen LogP contribution in [0.1, 0.15) is 32.4 Å². The number of hydrogen-bond donors (Lipinski definition) is 2. The summed E-state index contributed by atoms with van der Waals surface area (Å²) in [6.07, 6.45) is -2.71. The first-order valence-corrected chi connectivity index (χ1v) is 9.29. The number of fused-ring (bicyclic) bond motifs is 1. The summed E-state index contributed by atoms with van der Waals surface area (Å²) in [5, 5.41) is 18.9. The van der Waals surface area contributed by atoms with Crippen molar-refractivity contribution in [2.75, 3.05) is 29.4 Å². The number of halogens is 3. The third-order valence-corrected chi connectivity index (χ3v) is 6.61. The van der Waals surface area contributed by atoms with E-state index in [-0.39, 0.29) is 53.5 Å². The smallest absolute Gasteiger partial charge is 0.303 e. The van der Waals surface area contributed by atoms with Gasteiger partial charge < -0.3 is 20.0 Å². The van der Waals surface area contributed by atoms with Crippen LogP contribution in [0.25, 0.3) is 0 Å². The van der Waals surface area contributed by atoms with Gasteiger partial charge in [-0.3, -0.25) is 4.79 Å². The Labute approximate surface area is 160 Å². The van der Waals surface area contributed by atoms with E-state index in [1.165, 1.54) is 0 Å². The van der Waals surface area contributed by atoms with Crippen LogP contribution in [0.5, 0.6) is 0 Å². The molecule has 1 unspecified atom stereocenters. The second-order valence-electron chi connectivity index (χ2n) is 8.00. The molecule has 3 aliphatic rings. The molecule has 1 aromatic heterocycles. The number of piperidine rings is 1. The first-order valence-electron chi connectivity index (χ1n) is 8.91. The number of hydrogen-bond acceptors (Lipinski definition) is 6. The molecule has 10 heteroatoms. The molecule has 0 radical (unpaired) electrons. The normalized spacial score (nSPS) is 34.6. The molecule has 3 fully saturated rings. The summed E-state index contributed by atoms with van der Waals surface area (Å²) in [5.41, 5.74) is -1.44. The summed E-state index contributed by atoms with van der Waals surface area (Å²) in [6.45, 7) is 4.81. The van der Waals surface area contributed by atoms with E-state index in [0.29, 0.717) is 13.1 Å². The molecule has 2 saturated heterocycles. The lowest BCUT2D eigenvalue weighted by molar-refractivity contribution is -0.137. The second-order valence-corrected chi connectivity index (χ2v) is 8.38. The fourth-order valence-corrected chi connectivity index (χ4v) is 4.62. The van der Waals surface area contributed by atoms with Crippen LogP contribution in [0.2, 0.25) is 5.02 Å². The maximum Gasteiger partial charge on any atom is 0.303 e. The van der Waals surface area contributed by atoms with Crippen molar-refractivity contribution < 1.29 is 23.8 Å². The van der Waals surface area contributed by atoms with Gasteiger partial charge in [-0.2, -0.15) is 4.98 Å². The number of rotatable bonds is 5.